The van der Waals surface area contributed by atoms with Gasteiger partial charge in [0.15, 0.2) is 0 Å². The van der Waals surface area contributed by atoms with E-state index < -0.39 is 0 Å². The minimum absolute atomic E-state index is 0. The maximum Gasteiger partial charge on any atom is 0.0300 e. The van der Waals surface area contributed by atoms with Crippen LogP contribution < -0.4 is 5.73 Å². The Labute approximate surface area is 99.5 Å². The minimum Gasteiger partial charge on any atom is -0.324 e. The van der Waals surface area contributed by atoms with Crippen molar-refractivity contribution in [3.63, 3.8) is 0 Å². The molecule has 0 fully saturated rings. The molecule has 86 valence electrons. The molecule has 15 heavy (non-hydrogen) atoms. The predicted octanol–water partition coefficient (Wildman–Crippen LogP) is 3.77. The lowest BCUT2D eigenvalue weighted by atomic mass is 9.93. The van der Waals surface area contributed by atoms with Gasteiger partial charge in [0.2, 0.25) is 0 Å². The summed E-state index contributed by atoms with van der Waals surface area (Å²) in [5.41, 5.74) is 10.2. The molecule has 0 unspecified atom stereocenters. The van der Waals surface area contributed by atoms with Crippen molar-refractivity contribution < 1.29 is 0 Å². The van der Waals surface area contributed by atoms with Gasteiger partial charge < -0.3 is 5.73 Å². The number of hydrogen-bond donors (Lipinski definition) is 1. The van der Waals surface area contributed by atoms with Crippen LogP contribution in [0.4, 0.5) is 0 Å². The SMILES string of the molecule is Cc1cccc([C@@H](N)CC(C)C)c1C.Cl. The summed E-state index contributed by atoms with van der Waals surface area (Å²) in [4.78, 5) is 0. The fourth-order valence-electron chi connectivity index (χ4n) is 1.81. The summed E-state index contributed by atoms with van der Waals surface area (Å²) in [5.74, 6) is 0.657. The van der Waals surface area contributed by atoms with E-state index in [-0.39, 0.29) is 18.4 Å². The fourth-order valence-corrected chi connectivity index (χ4v) is 1.81. The van der Waals surface area contributed by atoms with E-state index >= 15 is 0 Å². The predicted molar refractivity (Wildman–Crippen MR) is 69.5 cm³/mol. The molecule has 1 atom stereocenters. The highest BCUT2D eigenvalue weighted by atomic mass is 35.5. The average molecular weight is 228 g/mol. The largest absolute Gasteiger partial charge is 0.324 e. The third-order valence-corrected chi connectivity index (χ3v) is 2.77. The summed E-state index contributed by atoms with van der Waals surface area (Å²) in [6, 6.07) is 6.57. The molecule has 2 N–H and O–H groups in total. The first-order chi connectivity index (χ1) is 6.52. The molecule has 0 amide bonds. The quantitative estimate of drug-likeness (QED) is 0.836. The first-order valence-corrected chi connectivity index (χ1v) is 5.34. The second kappa shape index (κ2) is 6.14. The van der Waals surface area contributed by atoms with Gasteiger partial charge in [0, 0.05) is 6.04 Å². The van der Waals surface area contributed by atoms with Crippen molar-refractivity contribution in [1.82, 2.24) is 0 Å². The van der Waals surface area contributed by atoms with E-state index in [4.69, 9.17) is 5.73 Å². The first-order valence-electron chi connectivity index (χ1n) is 5.34. The van der Waals surface area contributed by atoms with Gasteiger partial charge in [-0.15, -0.1) is 12.4 Å². The topological polar surface area (TPSA) is 26.0 Å². The van der Waals surface area contributed by atoms with Crippen molar-refractivity contribution in [2.75, 3.05) is 0 Å². The summed E-state index contributed by atoms with van der Waals surface area (Å²) in [6.07, 6.45) is 1.06. The normalized spacial score (nSPS) is 12.4. The van der Waals surface area contributed by atoms with Crippen LogP contribution in [0, 0.1) is 19.8 Å². The van der Waals surface area contributed by atoms with Crippen molar-refractivity contribution in [3.05, 3.63) is 34.9 Å². The zero-order valence-electron chi connectivity index (χ0n) is 10.1. The van der Waals surface area contributed by atoms with Gasteiger partial charge in [0.05, 0.1) is 0 Å². The zero-order chi connectivity index (χ0) is 10.7. The molecule has 0 aliphatic rings. The highest BCUT2D eigenvalue weighted by Crippen LogP contribution is 2.23. The van der Waals surface area contributed by atoms with Crippen LogP contribution in [0.2, 0.25) is 0 Å². The fraction of sp³-hybridized carbons (Fsp3) is 0.538. The summed E-state index contributed by atoms with van der Waals surface area (Å²) in [6.45, 7) is 8.72. The van der Waals surface area contributed by atoms with Gasteiger partial charge in [-0.2, -0.15) is 0 Å². The van der Waals surface area contributed by atoms with Crippen LogP contribution >= 0.6 is 12.4 Å². The van der Waals surface area contributed by atoms with E-state index in [1.54, 1.807) is 0 Å². The minimum atomic E-state index is 0. The molecule has 0 aromatic heterocycles. The van der Waals surface area contributed by atoms with Gasteiger partial charge in [0.1, 0.15) is 0 Å². The van der Waals surface area contributed by atoms with E-state index in [1.807, 2.05) is 0 Å². The molecular formula is C13H22ClN. The van der Waals surface area contributed by atoms with Crippen molar-refractivity contribution in [1.29, 1.82) is 0 Å². The Balaban J connectivity index is 0.00000196. The molecular weight excluding hydrogens is 206 g/mol. The highest BCUT2D eigenvalue weighted by molar-refractivity contribution is 5.85. The summed E-state index contributed by atoms with van der Waals surface area (Å²) < 4.78 is 0. The average Bonchev–Trinajstić information content (AvgIpc) is 2.08. The summed E-state index contributed by atoms with van der Waals surface area (Å²) >= 11 is 0. The van der Waals surface area contributed by atoms with Crippen molar-refractivity contribution >= 4 is 12.4 Å². The molecule has 1 aromatic carbocycles. The molecule has 0 saturated heterocycles. The second-order valence-corrected chi connectivity index (χ2v) is 4.53. The number of halogens is 1. The lowest BCUT2D eigenvalue weighted by Crippen LogP contribution is -2.14. The summed E-state index contributed by atoms with van der Waals surface area (Å²) in [5, 5.41) is 0. The highest BCUT2D eigenvalue weighted by Gasteiger charge is 2.11. The van der Waals surface area contributed by atoms with Crippen LogP contribution in [0.3, 0.4) is 0 Å². The molecule has 0 bridgehead atoms. The van der Waals surface area contributed by atoms with Crippen molar-refractivity contribution in [3.8, 4) is 0 Å². The number of hydrogen-bond acceptors (Lipinski definition) is 1. The van der Waals surface area contributed by atoms with Gasteiger partial charge in [-0.05, 0) is 42.9 Å². The smallest absolute Gasteiger partial charge is 0.0300 e. The Hall–Kier alpha value is -0.530. The Morgan fingerprint density at radius 1 is 1.20 bits per heavy atom. The molecule has 0 spiro atoms. The Kier molecular flexibility index (Phi) is 5.92. The van der Waals surface area contributed by atoms with Crippen LogP contribution in [0.5, 0.6) is 0 Å². The third-order valence-electron chi connectivity index (χ3n) is 2.77. The van der Waals surface area contributed by atoms with Crippen LogP contribution in [0.1, 0.15) is 43.0 Å². The number of benzene rings is 1. The first kappa shape index (κ1) is 14.5. The van der Waals surface area contributed by atoms with Gasteiger partial charge >= 0.3 is 0 Å². The molecule has 1 nitrogen and oxygen atoms in total. The third kappa shape index (κ3) is 3.84. The molecule has 0 heterocycles. The number of aryl methyl sites for hydroxylation is 1. The molecule has 0 saturated carbocycles. The van der Waals surface area contributed by atoms with Gasteiger partial charge in [-0.1, -0.05) is 32.0 Å². The lowest BCUT2D eigenvalue weighted by molar-refractivity contribution is 0.508. The van der Waals surface area contributed by atoms with Gasteiger partial charge in [0.25, 0.3) is 0 Å². The van der Waals surface area contributed by atoms with Crippen molar-refractivity contribution in [2.24, 2.45) is 11.7 Å². The van der Waals surface area contributed by atoms with Gasteiger partial charge in [-0.25, -0.2) is 0 Å². The Morgan fingerprint density at radius 3 is 2.33 bits per heavy atom. The molecule has 1 aromatic rings. The monoisotopic (exact) mass is 227 g/mol. The van der Waals surface area contributed by atoms with E-state index in [2.05, 4.69) is 45.9 Å². The van der Waals surface area contributed by atoms with E-state index in [0.717, 1.165) is 6.42 Å². The molecule has 0 radical (unpaired) electrons. The number of nitrogens with two attached hydrogens (primary N) is 1. The second-order valence-electron chi connectivity index (χ2n) is 4.53. The van der Waals surface area contributed by atoms with Crippen LogP contribution in [-0.2, 0) is 0 Å². The summed E-state index contributed by atoms with van der Waals surface area (Å²) in [7, 11) is 0. The van der Waals surface area contributed by atoms with E-state index in [0.29, 0.717) is 5.92 Å². The zero-order valence-corrected chi connectivity index (χ0v) is 10.9. The van der Waals surface area contributed by atoms with Crippen LogP contribution in [0.25, 0.3) is 0 Å². The van der Waals surface area contributed by atoms with Crippen molar-refractivity contribution in [2.45, 2.75) is 40.2 Å². The molecule has 0 aliphatic heterocycles. The van der Waals surface area contributed by atoms with Gasteiger partial charge in [-0.3, -0.25) is 0 Å². The van der Waals surface area contributed by atoms with Crippen LogP contribution in [-0.4, -0.2) is 0 Å². The molecule has 1 rings (SSSR count). The standard InChI is InChI=1S/C13H21N.ClH/c1-9(2)8-13(14)12-7-5-6-10(3)11(12)4;/h5-7,9,13H,8,14H2,1-4H3;1H/t13-;/m0./s1. The lowest BCUT2D eigenvalue weighted by Gasteiger charge is -2.17. The maximum absolute atomic E-state index is 6.17. The Morgan fingerprint density at radius 2 is 1.80 bits per heavy atom. The van der Waals surface area contributed by atoms with E-state index in [1.165, 1.54) is 16.7 Å². The molecule has 0 aliphatic carbocycles. The van der Waals surface area contributed by atoms with Crippen LogP contribution in [0.15, 0.2) is 18.2 Å². The molecule has 2 heteroatoms. The number of rotatable bonds is 3. The maximum atomic E-state index is 6.17. The Bertz CT molecular complexity index is 307. The van der Waals surface area contributed by atoms with E-state index in [9.17, 15) is 0 Å².